The van der Waals surface area contributed by atoms with Gasteiger partial charge in [0.2, 0.25) is 5.88 Å². The molecule has 0 unspecified atom stereocenters. The lowest BCUT2D eigenvalue weighted by Crippen LogP contribution is -1.98. The van der Waals surface area contributed by atoms with E-state index in [2.05, 4.69) is 4.98 Å². The van der Waals surface area contributed by atoms with Crippen LogP contribution in [0.2, 0.25) is 0 Å². The molecule has 0 atom stereocenters. The van der Waals surface area contributed by atoms with Gasteiger partial charge in [0.1, 0.15) is 6.61 Å². The first-order valence-electron chi connectivity index (χ1n) is 5.19. The molecule has 0 aliphatic heterocycles. The fraction of sp³-hybridized carbons (Fsp3) is 0.154. The van der Waals surface area contributed by atoms with Crippen molar-refractivity contribution >= 4 is 0 Å². The molecular weight excluding hydrogens is 218 g/mol. The number of hydrogen-bond donors (Lipinski definition) is 1. The molecule has 0 radical (unpaired) electrons. The Bertz CT molecular complexity index is 485. The number of pyridine rings is 1. The van der Waals surface area contributed by atoms with Crippen LogP contribution >= 0.6 is 0 Å². The van der Waals surface area contributed by atoms with E-state index in [4.69, 9.17) is 9.47 Å². The van der Waals surface area contributed by atoms with Crippen LogP contribution in [-0.2, 0) is 6.61 Å². The number of rotatable bonds is 4. The minimum absolute atomic E-state index is 0.0890. The molecule has 1 heterocycles. The standard InChI is InChI=1S/C13H13NO3/c1-16-11-7-13(15)14-8-12(11)17-9-10-5-3-2-4-6-10/h2-8H,9H2,1H3,(H,14,15). The molecular formula is C13H13NO3. The van der Waals surface area contributed by atoms with Crippen LogP contribution in [0, 0.1) is 0 Å². The van der Waals surface area contributed by atoms with Gasteiger partial charge in [0.05, 0.1) is 13.3 Å². The Morgan fingerprint density at radius 3 is 2.65 bits per heavy atom. The summed E-state index contributed by atoms with van der Waals surface area (Å²) < 4.78 is 10.7. The second-order valence-electron chi connectivity index (χ2n) is 3.47. The van der Waals surface area contributed by atoms with Crippen LogP contribution in [0.25, 0.3) is 0 Å². The molecule has 1 aromatic carbocycles. The van der Waals surface area contributed by atoms with Gasteiger partial charge in [-0.05, 0) is 5.56 Å². The molecule has 2 aromatic rings. The normalized spacial score (nSPS) is 9.94. The van der Waals surface area contributed by atoms with E-state index >= 15 is 0 Å². The predicted molar refractivity (Wildman–Crippen MR) is 63.2 cm³/mol. The molecule has 4 heteroatoms. The van der Waals surface area contributed by atoms with E-state index in [1.807, 2.05) is 30.3 Å². The Morgan fingerprint density at radius 2 is 1.94 bits per heavy atom. The molecule has 1 aromatic heterocycles. The van der Waals surface area contributed by atoms with Gasteiger partial charge in [-0.1, -0.05) is 30.3 Å². The molecule has 0 bridgehead atoms. The molecule has 0 spiro atoms. The maximum absolute atomic E-state index is 9.21. The summed E-state index contributed by atoms with van der Waals surface area (Å²) in [5.41, 5.74) is 1.06. The Hall–Kier alpha value is -2.23. The third-order valence-electron chi connectivity index (χ3n) is 2.27. The number of aromatic nitrogens is 1. The second kappa shape index (κ2) is 5.21. The first-order chi connectivity index (χ1) is 8.29. The van der Waals surface area contributed by atoms with Crippen molar-refractivity contribution in [3.05, 3.63) is 48.2 Å². The monoisotopic (exact) mass is 231 g/mol. The van der Waals surface area contributed by atoms with Gasteiger partial charge in [0.15, 0.2) is 11.5 Å². The van der Waals surface area contributed by atoms with Crippen molar-refractivity contribution in [3.63, 3.8) is 0 Å². The number of benzene rings is 1. The van der Waals surface area contributed by atoms with Crippen LogP contribution in [0.1, 0.15) is 5.56 Å². The maximum atomic E-state index is 9.21. The molecule has 0 amide bonds. The average molecular weight is 231 g/mol. The molecule has 17 heavy (non-hydrogen) atoms. The highest BCUT2D eigenvalue weighted by atomic mass is 16.5. The molecule has 2 rings (SSSR count). The van der Waals surface area contributed by atoms with Crippen LogP contribution in [0.4, 0.5) is 0 Å². The largest absolute Gasteiger partial charge is 0.493 e. The van der Waals surface area contributed by atoms with E-state index in [9.17, 15) is 5.11 Å². The van der Waals surface area contributed by atoms with Gasteiger partial charge in [0.25, 0.3) is 0 Å². The van der Waals surface area contributed by atoms with Crippen molar-refractivity contribution < 1.29 is 14.6 Å². The Labute approximate surface area is 99.5 Å². The van der Waals surface area contributed by atoms with Crippen molar-refractivity contribution in [2.75, 3.05) is 7.11 Å². The first-order valence-corrected chi connectivity index (χ1v) is 5.19. The van der Waals surface area contributed by atoms with Gasteiger partial charge < -0.3 is 14.6 Å². The molecule has 0 saturated carbocycles. The molecule has 88 valence electrons. The molecule has 0 fully saturated rings. The minimum Gasteiger partial charge on any atom is -0.493 e. The highest BCUT2D eigenvalue weighted by molar-refractivity contribution is 5.40. The van der Waals surface area contributed by atoms with Crippen molar-refractivity contribution in [3.8, 4) is 17.4 Å². The third kappa shape index (κ3) is 2.87. The van der Waals surface area contributed by atoms with Gasteiger partial charge in [-0.15, -0.1) is 0 Å². The lowest BCUT2D eigenvalue weighted by molar-refractivity contribution is 0.281. The van der Waals surface area contributed by atoms with Crippen molar-refractivity contribution in [1.82, 2.24) is 4.98 Å². The highest BCUT2D eigenvalue weighted by Crippen LogP contribution is 2.29. The van der Waals surface area contributed by atoms with Crippen molar-refractivity contribution in [2.45, 2.75) is 6.61 Å². The van der Waals surface area contributed by atoms with Crippen LogP contribution in [-0.4, -0.2) is 17.2 Å². The van der Waals surface area contributed by atoms with Crippen LogP contribution in [0.15, 0.2) is 42.6 Å². The summed E-state index contributed by atoms with van der Waals surface area (Å²) in [5.74, 6) is 0.886. The van der Waals surface area contributed by atoms with Crippen LogP contribution in [0.5, 0.6) is 17.4 Å². The predicted octanol–water partition coefficient (Wildman–Crippen LogP) is 2.37. The zero-order valence-electron chi connectivity index (χ0n) is 9.46. The molecule has 0 aliphatic rings. The molecule has 0 aliphatic carbocycles. The summed E-state index contributed by atoms with van der Waals surface area (Å²) in [5, 5.41) is 9.21. The number of methoxy groups -OCH3 is 1. The van der Waals surface area contributed by atoms with E-state index in [0.29, 0.717) is 18.1 Å². The Kier molecular flexibility index (Phi) is 3.45. The number of nitrogens with zero attached hydrogens (tertiary/aromatic N) is 1. The Morgan fingerprint density at radius 1 is 1.18 bits per heavy atom. The van der Waals surface area contributed by atoms with Gasteiger partial charge in [-0.2, -0.15) is 0 Å². The van der Waals surface area contributed by atoms with Crippen molar-refractivity contribution in [1.29, 1.82) is 0 Å². The van der Waals surface area contributed by atoms with E-state index in [0.717, 1.165) is 5.56 Å². The van der Waals surface area contributed by atoms with Gasteiger partial charge >= 0.3 is 0 Å². The second-order valence-corrected chi connectivity index (χ2v) is 3.47. The number of ether oxygens (including phenoxy) is 2. The lowest BCUT2D eigenvalue weighted by atomic mass is 10.2. The topological polar surface area (TPSA) is 51.6 Å². The quantitative estimate of drug-likeness (QED) is 0.877. The molecule has 1 N–H and O–H groups in total. The van der Waals surface area contributed by atoms with Gasteiger partial charge in [-0.3, -0.25) is 0 Å². The summed E-state index contributed by atoms with van der Waals surface area (Å²) in [7, 11) is 1.52. The first kappa shape index (κ1) is 11.3. The van der Waals surface area contributed by atoms with E-state index in [1.54, 1.807) is 0 Å². The summed E-state index contributed by atoms with van der Waals surface area (Å²) in [4.78, 5) is 3.75. The van der Waals surface area contributed by atoms with Crippen molar-refractivity contribution in [2.24, 2.45) is 0 Å². The van der Waals surface area contributed by atoms with E-state index < -0.39 is 0 Å². The summed E-state index contributed by atoms with van der Waals surface area (Å²) in [6, 6.07) is 11.2. The van der Waals surface area contributed by atoms with E-state index in [-0.39, 0.29) is 5.88 Å². The highest BCUT2D eigenvalue weighted by Gasteiger charge is 2.06. The summed E-state index contributed by atoms with van der Waals surface area (Å²) in [6.07, 6.45) is 1.44. The SMILES string of the molecule is COc1cc(O)ncc1OCc1ccccc1. The third-order valence-corrected chi connectivity index (χ3v) is 2.27. The molecule has 0 saturated heterocycles. The Balaban J connectivity index is 2.09. The smallest absolute Gasteiger partial charge is 0.214 e. The number of aromatic hydroxyl groups is 1. The van der Waals surface area contributed by atoms with Crippen LogP contribution in [0.3, 0.4) is 0 Å². The fourth-order valence-electron chi connectivity index (χ4n) is 1.42. The van der Waals surface area contributed by atoms with Crippen LogP contribution < -0.4 is 9.47 Å². The lowest BCUT2D eigenvalue weighted by Gasteiger charge is -2.10. The fourth-order valence-corrected chi connectivity index (χ4v) is 1.42. The summed E-state index contributed by atoms with van der Waals surface area (Å²) >= 11 is 0. The zero-order valence-corrected chi connectivity index (χ0v) is 9.46. The van der Waals surface area contributed by atoms with Gasteiger partial charge in [-0.25, -0.2) is 4.98 Å². The van der Waals surface area contributed by atoms with E-state index in [1.165, 1.54) is 19.4 Å². The maximum Gasteiger partial charge on any atom is 0.214 e. The summed E-state index contributed by atoms with van der Waals surface area (Å²) in [6.45, 7) is 0.434. The number of hydrogen-bond acceptors (Lipinski definition) is 4. The molecule has 4 nitrogen and oxygen atoms in total. The zero-order chi connectivity index (χ0) is 12.1. The van der Waals surface area contributed by atoms with Gasteiger partial charge in [0, 0.05) is 6.07 Å². The average Bonchev–Trinajstić information content (AvgIpc) is 2.38. The minimum atomic E-state index is -0.0890.